The monoisotopic (exact) mass is 507 g/mol. The molecule has 3 aromatic carbocycles. The Kier molecular flexibility index (Phi) is 7.94. The minimum absolute atomic E-state index is 0.151. The number of benzene rings is 3. The number of anilines is 1. The van der Waals surface area contributed by atoms with Gasteiger partial charge in [-0.25, -0.2) is 8.42 Å². The third-order valence-electron chi connectivity index (χ3n) is 6.63. The molecule has 0 saturated heterocycles. The van der Waals surface area contributed by atoms with Crippen molar-refractivity contribution in [3.8, 4) is 0 Å². The molecule has 0 saturated carbocycles. The topological polar surface area (TPSA) is 86.8 Å². The molecule has 0 radical (unpaired) electrons. The maximum Gasteiger partial charge on any atom is 0.265 e. The lowest BCUT2D eigenvalue weighted by Gasteiger charge is -2.29. The SMILES string of the molecule is CCCNC(=O)[C@H](C)N(CCc1ccccc1)C(=O)CCCN1c2cccc3cccc(c23)S1(=O)=O. The van der Waals surface area contributed by atoms with Gasteiger partial charge in [-0.1, -0.05) is 61.5 Å². The van der Waals surface area contributed by atoms with E-state index in [1.807, 2.05) is 61.5 Å². The molecule has 1 aliphatic heterocycles. The van der Waals surface area contributed by atoms with Gasteiger partial charge in [0.1, 0.15) is 6.04 Å². The average molecular weight is 508 g/mol. The predicted molar refractivity (Wildman–Crippen MR) is 142 cm³/mol. The first-order valence-electron chi connectivity index (χ1n) is 12.5. The standard InChI is InChI=1S/C28H33N3O4S/c1-3-18-29-28(33)21(2)30(20-17-22-10-5-4-6-11-22)26(32)16-9-19-31-24-14-7-12-23-13-8-15-25(27(23)24)36(31,34)35/h4-8,10-15,21H,3,9,16-20H2,1-2H3,(H,29,33)/t21-/m0/s1. The number of carbonyl (C=O) groups is 2. The number of carbonyl (C=O) groups excluding carboxylic acids is 2. The number of amides is 2. The highest BCUT2D eigenvalue weighted by atomic mass is 32.2. The molecule has 1 heterocycles. The van der Waals surface area contributed by atoms with E-state index in [4.69, 9.17) is 0 Å². The largest absolute Gasteiger partial charge is 0.354 e. The van der Waals surface area contributed by atoms with Crippen molar-refractivity contribution < 1.29 is 18.0 Å². The van der Waals surface area contributed by atoms with Crippen LogP contribution in [0.1, 0.15) is 38.7 Å². The van der Waals surface area contributed by atoms with Gasteiger partial charge in [0.15, 0.2) is 0 Å². The summed E-state index contributed by atoms with van der Waals surface area (Å²) in [4.78, 5) is 27.9. The van der Waals surface area contributed by atoms with Crippen molar-refractivity contribution in [2.75, 3.05) is 23.9 Å². The van der Waals surface area contributed by atoms with Gasteiger partial charge in [-0.2, -0.15) is 0 Å². The van der Waals surface area contributed by atoms with Crippen LogP contribution in [-0.4, -0.2) is 50.8 Å². The van der Waals surface area contributed by atoms with Crippen LogP contribution in [0.15, 0.2) is 71.6 Å². The number of sulfonamides is 1. The molecule has 1 atom stereocenters. The fourth-order valence-electron chi connectivity index (χ4n) is 4.68. The molecule has 190 valence electrons. The molecule has 1 aliphatic rings. The summed E-state index contributed by atoms with van der Waals surface area (Å²) in [6.45, 7) is 4.90. The van der Waals surface area contributed by atoms with Crippen molar-refractivity contribution in [1.29, 1.82) is 0 Å². The maximum absolute atomic E-state index is 13.3. The van der Waals surface area contributed by atoms with Gasteiger partial charge < -0.3 is 10.2 Å². The summed E-state index contributed by atoms with van der Waals surface area (Å²) in [6, 6.07) is 20.1. The van der Waals surface area contributed by atoms with E-state index in [9.17, 15) is 18.0 Å². The first-order valence-corrected chi connectivity index (χ1v) is 13.9. The van der Waals surface area contributed by atoms with Crippen LogP contribution in [-0.2, 0) is 26.0 Å². The van der Waals surface area contributed by atoms with E-state index in [0.717, 1.165) is 22.8 Å². The molecule has 36 heavy (non-hydrogen) atoms. The van der Waals surface area contributed by atoms with Gasteiger partial charge in [0.25, 0.3) is 10.0 Å². The van der Waals surface area contributed by atoms with E-state index in [1.165, 1.54) is 4.31 Å². The molecule has 4 rings (SSSR count). The smallest absolute Gasteiger partial charge is 0.265 e. The highest BCUT2D eigenvalue weighted by molar-refractivity contribution is 7.93. The first-order chi connectivity index (χ1) is 17.3. The summed E-state index contributed by atoms with van der Waals surface area (Å²) in [6.07, 6.45) is 1.96. The van der Waals surface area contributed by atoms with Gasteiger partial charge in [-0.05, 0) is 49.3 Å². The fraction of sp³-hybridized carbons (Fsp3) is 0.357. The van der Waals surface area contributed by atoms with Crippen LogP contribution in [0.5, 0.6) is 0 Å². The molecule has 7 nitrogen and oxygen atoms in total. The van der Waals surface area contributed by atoms with E-state index in [-0.39, 0.29) is 24.8 Å². The number of nitrogens with zero attached hydrogens (tertiary/aromatic N) is 2. The van der Waals surface area contributed by atoms with Crippen molar-refractivity contribution in [2.45, 2.75) is 50.5 Å². The zero-order valence-electron chi connectivity index (χ0n) is 20.8. The van der Waals surface area contributed by atoms with Gasteiger partial charge in [0, 0.05) is 31.4 Å². The normalized spacial score (nSPS) is 14.6. The molecular formula is C28H33N3O4S. The Hall–Kier alpha value is -3.39. The summed E-state index contributed by atoms with van der Waals surface area (Å²) in [7, 11) is -3.66. The van der Waals surface area contributed by atoms with Gasteiger partial charge in [0.2, 0.25) is 11.8 Å². The number of rotatable bonds is 11. The Morgan fingerprint density at radius 1 is 1.00 bits per heavy atom. The van der Waals surface area contributed by atoms with Gasteiger partial charge >= 0.3 is 0 Å². The van der Waals surface area contributed by atoms with Crippen LogP contribution in [0, 0.1) is 0 Å². The Morgan fingerprint density at radius 2 is 1.72 bits per heavy atom. The summed E-state index contributed by atoms with van der Waals surface area (Å²) >= 11 is 0. The van der Waals surface area contributed by atoms with Gasteiger partial charge in [-0.3, -0.25) is 13.9 Å². The molecule has 2 amide bonds. The second kappa shape index (κ2) is 11.1. The summed E-state index contributed by atoms with van der Waals surface area (Å²) < 4.78 is 27.8. The van der Waals surface area contributed by atoms with Crippen molar-refractivity contribution in [3.63, 3.8) is 0 Å². The number of hydrogen-bond donors (Lipinski definition) is 1. The lowest BCUT2D eigenvalue weighted by atomic mass is 10.1. The molecule has 0 unspecified atom stereocenters. The lowest BCUT2D eigenvalue weighted by Crippen LogP contribution is -2.49. The molecule has 1 N–H and O–H groups in total. The van der Waals surface area contributed by atoms with Gasteiger partial charge in [0.05, 0.1) is 10.6 Å². The predicted octanol–water partition coefficient (Wildman–Crippen LogP) is 4.11. The molecule has 0 bridgehead atoms. The molecular weight excluding hydrogens is 474 g/mol. The zero-order chi connectivity index (χ0) is 25.7. The Bertz CT molecular complexity index is 1340. The van der Waals surface area contributed by atoms with E-state index in [1.54, 1.807) is 24.0 Å². The van der Waals surface area contributed by atoms with Crippen molar-refractivity contribution >= 4 is 38.3 Å². The van der Waals surface area contributed by atoms with E-state index < -0.39 is 16.1 Å². The first kappa shape index (κ1) is 25.7. The van der Waals surface area contributed by atoms with E-state index >= 15 is 0 Å². The highest BCUT2D eigenvalue weighted by Crippen LogP contribution is 2.42. The second-order valence-corrected chi connectivity index (χ2v) is 10.9. The molecule has 0 spiro atoms. The van der Waals surface area contributed by atoms with Crippen LogP contribution in [0.25, 0.3) is 10.8 Å². The number of nitrogens with one attached hydrogen (secondary N) is 1. The average Bonchev–Trinajstić information content (AvgIpc) is 3.11. The zero-order valence-corrected chi connectivity index (χ0v) is 21.6. The van der Waals surface area contributed by atoms with Crippen LogP contribution in [0.2, 0.25) is 0 Å². The molecule has 3 aromatic rings. The Morgan fingerprint density at radius 3 is 2.44 bits per heavy atom. The molecule has 8 heteroatoms. The molecule has 0 aromatic heterocycles. The molecule has 0 aliphatic carbocycles. The van der Waals surface area contributed by atoms with Crippen molar-refractivity contribution in [3.05, 3.63) is 72.3 Å². The van der Waals surface area contributed by atoms with Crippen LogP contribution < -0.4 is 9.62 Å². The van der Waals surface area contributed by atoms with Crippen molar-refractivity contribution in [2.24, 2.45) is 0 Å². The Labute approximate surface area is 213 Å². The molecule has 0 fully saturated rings. The third kappa shape index (κ3) is 5.23. The van der Waals surface area contributed by atoms with E-state index in [2.05, 4.69) is 5.32 Å². The highest BCUT2D eigenvalue weighted by Gasteiger charge is 2.35. The fourth-order valence-corrected chi connectivity index (χ4v) is 6.43. The third-order valence-corrected chi connectivity index (χ3v) is 8.49. The van der Waals surface area contributed by atoms with Gasteiger partial charge in [-0.15, -0.1) is 0 Å². The quantitative estimate of drug-likeness (QED) is 0.423. The van der Waals surface area contributed by atoms with Crippen molar-refractivity contribution in [1.82, 2.24) is 10.2 Å². The van der Waals surface area contributed by atoms with Crippen LogP contribution >= 0.6 is 0 Å². The van der Waals surface area contributed by atoms with Crippen LogP contribution in [0.4, 0.5) is 5.69 Å². The van der Waals surface area contributed by atoms with E-state index in [0.29, 0.717) is 36.5 Å². The van der Waals surface area contributed by atoms with Crippen LogP contribution in [0.3, 0.4) is 0 Å². The minimum Gasteiger partial charge on any atom is -0.354 e. The summed E-state index contributed by atoms with van der Waals surface area (Å²) in [5.41, 5.74) is 1.74. The summed E-state index contributed by atoms with van der Waals surface area (Å²) in [5.74, 6) is -0.333. The number of hydrogen-bond acceptors (Lipinski definition) is 4. The summed E-state index contributed by atoms with van der Waals surface area (Å²) in [5, 5.41) is 4.49. The lowest BCUT2D eigenvalue weighted by molar-refractivity contribution is -0.139. The Balaban J connectivity index is 1.45. The second-order valence-electron chi connectivity index (χ2n) is 9.10. The maximum atomic E-state index is 13.3. The minimum atomic E-state index is -3.66.